The van der Waals surface area contributed by atoms with Crippen LogP contribution in [-0.2, 0) is 25.7 Å². The van der Waals surface area contributed by atoms with Gasteiger partial charge in [0.15, 0.2) is 0 Å². The lowest BCUT2D eigenvalue weighted by Crippen LogP contribution is -2.23. The van der Waals surface area contributed by atoms with E-state index in [0.717, 1.165) is 58.9 Å². The number of hydrogen-bond donors (Lipinski definition) is 3. The maximum atomic E-state index is 13.8. The molecule has 0 radical (unpaired) electrons. The molecule has 11 heteroatoms. The molecule has 0 amide bonds. The maximum Gasteiger partial charge on any atom is 0.420 e. The molecule has 3 aromatic rings. The van der Waals surface area contributed by atoms with E-state index in [2.05, 4.69) is 25.9 Å². The predicted molar refractivity (Wildman–Crippen MR) is 123 cm³/mol. The highest BCUT2D eigenvalue weighted by molar-refractivity contribution is 7.99. The Kier molecular flexibility index (Phi) is 6.06. The largest absolute Gasteiger partial charge is 0.420 e. The minimum Gasteiger partial charge on any atom is -0.323 e. The van der Waals surface area contributed by atoms with Gasteiger partial charge in [-0.1, -0.05) is 11.6 Å². The molecule has 0 aliphatic carbocycles. The van der Waals surface area contributed by atoms with Gasteiger partial charge in [0.1, 0.15) is 5.56 Å². The van der Waals surface area contributed by atoms with Crippen LogP contribution in [0.1, 0.15) is 21.6 Å². The minimum atomic E-state index is -4.56. The van der Waals surface area contributed by atoms with Crippen molar-refractivity contribution in [3.63, 3.8) is 0 Å². The van der Waals surface area contributed by atoms with Gasteiger partial charge < -0.3 is 16.0 Å². The molecule has 5 nitrogen and oxygen atoms in total. The molecule has 168 valence electrons. The highest BCUT2D eigenvalue weighted by Crippen LogP contribution is 2.42. The number of thioether (sulfide) groups is 1. The van der Waals surface area contributed by atoms with E-state index in [1.54, 1.807) is 17.8 Å². The lowest BCUT2D eigenvalue weighted by Gasteiger charge is -2.19. The van der Waals surface area contributed by atoms with Crippen LogP contribution in [0.15, 0.2) is 29.3 Å². The van der Waals surface area contributed by atoms with E-state index in [1.807, 2.05) is 12.1 Å². The van der Waals surface area contributed by atoms with E-state index in [4.69, 9.17) is 11.6 Å². The molecule has 0 fully saturated rings. The Balaban J connectivity index is 1.53. The molecule has 0 atom stereocenters. The van der Waals surface area contributed by atoms with Gasteiger partial charge in [-0.3, -0.25) is 0 Å². The molecule has 0 spiro atoms. The molecule has 2 aliphatic rings. The van der Waals surface area contributed by atoms with E-state index < -0.39 is 11.7 Å². The second-order valence-electron chi connectivity index (χ2n) is 7.53. The number of aromatic nitrogens is 2. The molecule has 2 aromatic heterocycles. The van der Waals surface area contributed by atoms with Crippen molar-refractivity contribution < 1.29 is 13.2 Å². The Hall–Kier alpha value is -1.85. The van der Waals surface area contributed by atoms with Gasteiger partial charge in [0.05, 0.1) is 21.3 Å². The molecule has 0 bridgehead atoms. The van der Waals surface area contributed by atoms with Crippen LogP contribution in [-0.4, -0.2) is 28.8 Å². The monoisotopic (exact) mass is 497 g/mol. The van der Waals surface area contributed by atoms with Crippen molar-refractivity contribution in [2.24, 2.45) is 0 Å². The number of hydrogen-bond acceptors (Lipinski definition) is 7. The normalized spacial score (nSPS) is 16.2. The standard InChI is InChI=1S/C21H19ClF3N5S2/c22-14-5-12-8-26-2-1-11(12)6-15(14)29-20-28-9-13(21(23,24)25)19(30-20)17-7-16-18(32-17)10-27-3-4-31-16/h5-7,9,26-27H,1-4,8,10H2,(H,28,29,30). The average molecular weight is 498 g/mol. The number of rotatable bonds is 3. The number of nitrogens with one attached hydrogen (secondary N) is 3. The SMILES string of the molecule is FC(F)(F)c1cnc(Nc2cc3c(cc2Cl)CNCC3)nc1-c1cc2c(s1)CNCCS2. The lowest BCUT2D eigenvalue weighted by atomic mass is 10.0. The minimum absolute atomic E-state index is 0.0816. The smallest absolute Gasteiger partial charge is 0.323 e. The first-order chi connectivity index (χ1) is 15.4. The summed E-state index contributed by atoms with van der Waals surface area (Å²) in [5.41, 5.74) is 1.88. The third-order valence-electron chi connectivity index (χ3n) is 5.34. The summed E-state index contributed by atoms with van der Waals surface area (Å²) in [6.07, 6.45) is -2.86. The van der Waals surface area contributed by atoms with Crippen molar-refractivity contribution in [3.8, 4) is 10.6 Å². The third kappa shape index (κ3) is 4.47. The zero-order valence-corrected chi connectivity index (χ0v) is 19.2. The highest BCUT2D eigenvalue weighted by Gasteiger charge is 2.36. The van der Waals surface area contributed by atoms with Crippen LogP contribution in [0.4, 0.5) is 24.8 Å². The van der Waals surface area contributed by atoms with Crippen LogP contribution < -0.4 is 16.0 Å². The molecular formula is C21H19ClF3N5S2. The number of anilines is 2. The molecule has 32 heavy (non-hydrogen) atoms. The number of thiophene rings is 1. The first-order valence-corrected chi connectivity index (χ1v) is 12.3. The number of nitrogens with zero attached hydrogens (tertiary/aromatic N) is 2. The van der Waals surface area contributed by atoms with E-state index in [9.17, 15) is 13.2 Å². The lowest BCUT2D eigenvalue weighted by molar-refractivity contribution is -0.137. The van der Waals surface area contributed by atoms with Crippen molar-refractivity contribution in [1.29, 1.82) is 0 Å². The summed E-state index contributed by atoms with van der Waals surface area (Å²) in [6.45, 7) is 3.12. The Morgan fingerprint density at radius 1 is 1.06 bits per heavy atom. The number of fused-ring (bicyclic) bond motifs is 2. The first kappa shape index (κ1) is 22.0. The van der Waals surface area contributed by atoms with Crippen LogP contribution >= 0.6 is 34.7 Å². The van der Waals surface area contributed by atoms with Crippen molar-refractivity contribution in [1.82, 2.24) is 20.6 Å². The molecule has 0 saturated carbocycles. The fourth-order valence-electron chi connectivity index (χ4n) is 3.77. The van der Waals surface area contributed by atoms with Crippen LogP contribution in [0.2, 0.25) is 5.02 Å². The van der Waals surface area contributed by atoms with E-state index in [1.165, 1.54) is 11.3 Å². The van der Waals surface area contributed by atoms with Gasteiger partial charge in [0, 0.05) is 41.4 Å². The molecule has 1 aromatic carbocycles. The second-order valence-corrected chi connectivity index (χ2v) is 10.2. The number of alkyl halides is 3. The van der Waals surface area contributed by atoms with Gasteiger partial charge in [-0.25, -0.2) is 9.97 Å². The Morgan fingerprint density at radius 2 is 1.91 bits per heavy atom. The Bertz CT molecular complexity index is 1140. The number of benzene rings is 1. The van der Waals surface area contributed by atoms with Gasteiger partial charge in [-0.2, -0.15) is 13.2 Å². The van der Waals surface area contributed by atoms with Gasteiger partial charge in [0.2, 0.25) is 5.95 Å². The van der Waals surface area contributed by atoms with Crippen molar-refractivity contribution in [2.45, 2.75) is 30.6 Å². The quantitative estimate of drug-likeness (QED) is 0.446. The predicted octanol–water partition coefficient (Wildman–Crippen LogP) is 5.46. The highest BCUT2D eigenvalue weighted by atomic mass is 35.5. The third-order valence-corrected chi connectivity index (χ3v) is 8.01. The molecule has 2 aliphatic heterocycles. The van der Waals surface area contributed by atoms with Gasteiger partial charge in [-0.15, -0.1) is 23.1 Å². The Labute approximate surface area is 196 Å². The summed E-state index contributed by atoms with van der Waals surface area (Å²) in [7, 11) is 0. The topological polar surface area (TPSA) is 61.9 Å². The summed E-state index contributed by atoms with van der Waals surface area (Å²) in [6, 6.07) is 5.60. The van der Waals surface area contributed by atoms with Gasteiger partial charge in [0.25, 0.3) is 0 Å². The fraction of sp³-hybridized carbons (Fsp3) is 0.333. The molecule has 3 N–H and O–H groups in total. The van der Waals surface area contributed by atoms with Crippen LogP contribution in [0.25, 0.3) is 10.6 Å². The molecule has 0 saturated heterocycles. The molecule has 0 unspecified atom stereocenters. The zero-order chi connectivity index (χ0) is 22.3. The van der Waals surface area contributed by atoms with Crippen molar-refractivity contribution in [2.75, 3.05) is 24.2 Å². The summed E-state index contributed by atoms with van der Waals surface area (Å²) in [5, 5.41) is 10.1. The van der Waals surface area contributed by atoms with Crippen LogP contribution in [0.3, 0.4) is 0 Å². The van der Waals surface area contributed by atoms with Crippen LogP contribution in [0.5, 0.6) is 0 Å². The summed E-state index contributed by atoms with van der Waals surface area (Å²) >= 11 is 9.40. The maximum absolute atomic E-state index is 13.8. The fourth-order valence-corrected chi connectivity index (χ4v) is 6.30. The average Bonchev–Trinajstić information content (AvgIpc) is 3.04. The number of halogens is 4. The molecule has 5 rings (SSSR count). The van der Waals surface area contributed by atoms with Crippen molar-refractivity contribution >= 4 is 46.3 Å². The van der Waals surface area contributed by atoms with E-state index in [-0.39, 0.29) is 11.6 Å². The van der Waals surface area contributed by atoms with E-state index in [0.29, 0.717) is 22.1 Å². The summed E-state index contributed by atoms with van der Waals surface area (Å²) in [5.74, 6) is 0.955. The van der Waals surface area contributed by atoms with Gasteiger partial charge >= 0.3 is 6.18 Å². The zero-order valence-electron chi connectivity index (χ0n) is 16.8. The Morgan fingerprint density at radius 3 is 2.75 bits per heavy atom. The summed E-state index contributed by atoms with van der Waals surface area (Å²) < 4.78 is 41.3. The second kappa shape index (κ2) is 8.83. The van der Waals surface area contributed by atoms with Crippen molar-refractivity contribution in [3.05, 3.63) is 51.0 Å². The molecule has 4 heterocycles. The first-order valence-electron chi connectivity index (χ1n) is 10.1. The van der Waals surface area contributed by atoms with Crippen LogP contribution in [0, 0.1) is 0 Å². The van der Waals surface area contributed by atoms with Gasteiger partial charge in [-0.05, 0) is 42.3 Å². The van der Waals surface area contributed by atoms with E-state index >= 15 is 0 Å². The summed E-state index contributed by atoms with van der Waals surface area (Å²) in [4.78, 5) is 10.7. The molecular weight excluding hydrogens is 479 g/mol.